The number of rotatable bonds is 2. The lowest BCUT2D eigenvalue weighted by Crippen LogP contribution is -2.00. The highest BCUT2D eigenvalue weighted by atomic mass is 16.4. The zero-order valence-corrected chi connectivity index (χ0v) is 6.97. The quantitative estimate of drug-likeness (QED) is 0.703. The number of pyridine rings is 1. The van der Waals surface area contributed by atoms with E-state index in [1.54, 1.807) is 12.1 Å². The van der Waals surface area contributed by atoms with Gasteiger partial charge in [-0.3, -0.25) is 4.79 Å². The number of hydrogen-bond donors (Lipinski definition) is 2. The molecule has 1 saturated carbocycles. The Kier molecular flexibility index (Phi) is 1.69. The van der Waals surface area contributed by atoms with E-state index in [1.165, 1.54) is 0 Å². The maximum atomic E-state index is 10.6. The van der Waals surface area contributed by atoms with Gasteiger partial charge in [0.25, 0.3) is 0 Å². The summed E-state index contributed by atoms with van der Waals surface area (Å²) in [7, 11) is 0. The predicted molar refractivity (Wildman–Crippen MR) is 47.1 cm³/mol. The second-order valence-corrected chi connectivity index (χ2v) is 3.27. The minimum Gasteiger partial charge on any atom is -0.481 e. The average molecular weight is 178 g/mol. The molecule has 2 unspecified atom stereocenters. The highest BCUT2D eigenvalue weighted by molar-refractivity contribution is 5.75. The Hall–Kier alpha value is -1.58. The number of carboxylic acids is 1. The van der Waals surface area contributed by atoms with Crippen LogP contribution in [0.15, 0.2) is 18.2 Å². The molecule has 68 valence electrons. The van der Waals surface area contributed by atoms with E-state index in [2.05, 4.69) is 4.98 Å². The van der Waals surface area contributed by atoms with Crippen molar-refractivity contribution in [3.63, 3.8) is 0 Å². The van der Waals surface area contributed by atoms with Gasteiger partial charge in [-0.05, 0) is 18.6 Å². The van der Waals surface area contributed by atoms with Crippen molar-refractivity contribution in [3.05, 3.63) is 23.9 Å². The Labute approximate surface area is 75.4 Å². The first-order valence-electron chi connectivity index (χ1n) is 4.13. The van der Waals surface area contributed by atoms with Crippen LogP contribution in [0.5, 0.6) is 0 Å². The van der Waals surface area contributed by atoms with E-state index in [-0.39, 0.29) is 11.8 Å². The van der Waals surface area contributed by atoms with Crippen LogP contribution in [0.3, 0.4) is 0 Å². The molecule has 0 spiro atoms. The maximum Gasteiger partial charge on any atom is 0.307 e. The average Bonchev–Trinajstić information content (AvgIpc) is 2.82. The molecule has 3 N–H and O–H groups in total. The lowest BCUT2D eigenvalue weighted by molar-refractivity contribution is -0.138. The summed E-state index contributed by atoms with van der Waals surface area (Å²) >= 11 is 0. The van der Waals surface area contributed by atoms with Crippen LogP contribution in [0.1, 0.15) is 18.0 Å². The second kappa shape index (κ2) is 2.73. The molecule has 4 nitrogen and oxygen atoms in total. The Morgan fingerprint density at radius 1 is 1.62 bits per heavy atom. The van der Waals surface area contributed by atoms with Crippen LogP contribution >= 0.6 is 0 Å². The number of carbonyl (C=O) groups is 1. The van der Waals surface area contributed by atoms with Crippen LogP contribution in [-0.2, 0) is 4.79 Å². The van der Waals surface area contributed by atoms with Crippen molar-refractivity contribution in [2.24, 2.45) is 5.92 Å². The molecule has 0 bridgehead atoms. The molecule has 0 amide bonds. The van der Waals surface area contributed by atoms with Gasteiger partial charge in [-0.15, -0.1) is 0 Å². The van der Waals surface area contributed by atoms with Crippen molar-refractivity contribution in [1.29, 1.82) is 0 Å². The van der Waals surface area contributed by atoms with E-state index >= 15 is 0 Å². The molecule has 1 fully saturated rings. The van der Waals surface area contributed by atoms with Crippen LogP contribution < -0.4 is 5.73 Å². The molecule has 0 aliphatic heterocycles. The highest BCUT2D eigenvalue weighted by Gasteiger charge is 2.45. The molecule has 0 saturated heterocycles. The SMILES string of the molecule is Nc1cccc(C2CC2C(=O)O)n1. The van der Waals surface area contributed by atoms with Gasteiger partial charge in [0.1, 0.15) is 5.82 Å². The molecule has 1 aromatic heterocycles. The summed E-state index contributed by atoms with van der Waals surface area (Å²) < 4.78 is 0. The number of hydrogen-bond acceptors (Lipinski definition) is 3. The number of aliphatic carboxylic acids is 1. The molecule has 13 heavy (non-hydrogen) atoms. The van der Waals surface area contributed by atoms with Gasteiger partial charge in [0, 0.05) is 11.6 Å². The van der Waals surface area contributed by atoms with Gasteiger partial charge in [0.2, 0.25) is 0 Å². The molecular weight excluding hydrogens is 168 g/mol. The molecular formula is C9H10N2O2. The van der Waals surface area contributed by atoms with Gasteiger partial charge in [-0.2, -0.15) is 0 Å². The van der Waals surface area contributed by atoms with Crippen LogP contribution in [0.2, 0.25) is 0 Å². The van der Waals surface area contributed by atoms with Crippen LogP contribution in [-0.4, -0.2) is 16.1 Å². The molecule has 1 heterocycles. The molecule has 2 rings (SSSR count). The van der Waals surface area contributed by atoms with Gasteiger partial charge >= 0.3 is 5.97 Å². The number of aromatic nitrogens is 1. The predicted octanol–water partition coefficient (Wildman–Crippen LogP) is 0.852. The number of nitrogens with zero attached hydrogens (tertiary/aromatic N) is 1. The summed E-state index contributed by atoms with van der Waals surface area (Å²) in [5.74, 6) is -0.474. The smallest absolute Gasteiger partial charge is 0.307 e. The van der Waals surface area contributed by atoms with Crippen LogP contribution in [0.4, 0.5) is 5.82 Å². The third-order valence-electron chi connectivity index (χ3n) is 2.28. The van der Waals surface area contributed by atoms with Crippen molar-refractivity contribution in [2.75, 3.05) is 5.73 Å². The van der Waals surface area contributed by atoms with Crippen molar-refractivity contribution in [2.45, 2.75) is 12.3 Å². The topological polar surface area (TPSA) is 76.2 Å². The standard InChI is InChI=1S/C9H10N2O2/c10-8-3-1-2-7(11-8)5-4-6(5)9(12)13/h1-3,5-6H,4H2,(H2,10,11)(H,12,13). The van der Waals surface area contributed by atoms with Crippen molar-refractivity contribution >= 4 is 11.8 Å². The Morgan fingerprint density at radius 2 is 2.38 bits per heavy atom. The van der Waals surface area contributed by atoms with Gasteiger partial charge in [-0.1, -0.05) is 6.07 Å². The molecule has 0 aromatic carbocycles. The summed E-state index contributed by atoms with van der Waals surface area (Å²) in [6.45, 7) is 0. The third-order valence-corrected chi connectivity index (χ3v) is 2.28. The van der Waals surface area contributed by atoms with E-state index in [9.17, 15) is 4.79 Å². The maximum absolute atomic E-state index is 10.6. The summed E-state index contributed by atoms with van der Waals surface area (Å²) in [5.41, 5.74) is 6.29. The summed E-state index contributed by atoms with van der Waals surface area (Å²) in [5, 5.41) is 8.70. The van der Waals surface area contributed by atoms with E-state index in [4.69, 9.17) is 10.8 Å². The minimum absolute atomic E-state index is 0.0704. The highest BCUT2D eigenvalue weighted by Crippen LogP contribution is 2.46. The van der Waals surface area contributed by atoms with Crippen molar-refractivity contribution < 1.29 is 9.90 Å². The molecule has 1 aliphatic carbocycles. The normalized spacial score (nSPS) is 25.5. The molecule has 4 heteroatoms. The van der Waals surface area contributed by atoms with Gasteiger partial charge in [-0.25, -0.2) is 4.98 Å². The molecule has 1 aliphatic rings. The fraction of sp³-hybridized carbons (Fsp3) is 0.333. The Bertz CT molecular complexity index is 351. The van der Waals surface area contributed by atoms with Crippen molar-refractivity contribution in [1.82, 2.24) is 4.98 Å². The molecule has 2 atom stereocenters. The van der Waals surface area contributed by atoms with E-state index in [1.807, 2.05) is 6.07 Å². The second-order valence-electron chi connectivity index (χ2n) is 3.27. The number of nitrogen functional groups attached to an aromatic ring is 1. The number of anilines is 1. The lowest BCUT2D eigenvalue weighted by atomic mass is 10.2. The van der Waals surface area contributed by atoms with E-state index in [0.29, 0.717) is 12.2 Å². The fourth-order valence-electron chi connectivity index (χ4n) is 1.47. The largest absolute Gasteiger partial charge is 0.481 e. The number of carboxylic acid groups (broad SMARTS) is 1. The van der Waals surface area contributed by atoms with Crippen LogP contribution in [0.25, 0.3) is 0 Å². The van der Waals surface area contributed by atoms with E-state index in [0.717, 1.165) is 5.69 Å². The Balaban J connectivity index is 2.16. The first kappa shape index (κ1) is 8.04. The van der Waals surface area contributed by atoms with Crippen molar-refractivity contribution in [3.8, 4) is 0 Å². The molecule has 1 aromatic rings. The van der Waals surface area contributed by atoms with Gasteiger partial charge in [0.05, 0.1) is 5.92 Å². The zero-order chi connectivity index (χ0) is 9.42. The summed E-state index contributed by atoms with van der Waals surface area (Å²) in [6, 6.07) is 5.32. The third kappa shape index (κ3) is 1.47. The number of nitrogens with two attached hydrogens (primary N) is 1. The van der Waals surface area contributed by atoms with Gasteiger partial charge in [0.15, 0.2) is 0 Å². The fourth-order valence-corrected chi connectivity index (χ4v) is 1.47. The molecule has 0 radical (unpaired) electrons. The monoisotopic (exact) mass is 178 g/mol. The summed E-state index contributed by atoms with van der Waals surface area (Å²) in [4.78, 5) is 14.7. The minimum atomic E-state index is -0.741. The summed E-state index contributed by atoms with van der Waals surface area (Å²) in [6.07, 6.45) is 0.686. The van der Waals surface area contributed by atoms with E-state index < -0.39 is 5.97 Å². The Morgan fingerprint density at radius 3 is 2.92 bits per heavy atom. The first-order chi connectivity index (χ1) is 6.18. The van der Waals surface area contributed by atoms with Gasteiger partial charge < -0.3 is 10.8 Å². The first-order valence-corrected chi connectivity index (χ1v) is 4.13. The lowest BCUT2D eigenvalue weighted by Gasteiger charge is -1.98. The zero-order valence-electron chi connectivity index (χ0n) is 6.97. The van der Waals surface area contributed by atoms with Crippen LogP contribution in [0, 0.1) is 5.92 Å².